The van der Waals surface area contributed by atoms with Crippen LogP contribution in [0.15, 0.2) is 85.1 Å². The molecule has 1 saturated carbocycles. The number of carbonyl (C=O) groups is 1. The zero-order valence-corrected chi connectivity index (χ0v) is 28.2. The lowest BCUT2D eigenvalue weighted by Crippen LogP contribution is -2.46. The molecule has 6 rings (SSSR count). The van der Waals surface area contributed by atoms with Crippen molar-refractivity contribution in [2.24, 2.45) is 5.92 Å². The molecule has 1 saturated heterocycles. The van der Waals surface area contributed by atoms with Crippen molar-refractivity contribution in [3.8, 4) is 0 Å². The number of rotatable bonds is 12. The van der Waals surface area contributed by atoms with Crippen LogP contribution in [0.2, 0.25) is 5.02 Å². The van der Waals surface area contributed by atoms with Crippen molar-refractivity contribution < 1.29 is 9.53 Å². The van der Waals surface area contributed by atoms with E-state index < -0.39 is 0 Å². The predicted octanol–water partition coefficient (Wildman–Crippen LogP) is 7.26. The Labute approximate surface area is 284 Å². The molecule has 1 amide bonds. The summed E-state index contributed by atoms with van der Waals surface area (Å²) < 4.78 is 7.79. The second-order valence-electron chi connectivity index (χ2n) is 13.2. The second kappa shape index (κ2) is 16.3. The van der Waals surface area contributed by atoms with Crippen LogP contribution in [-0.2, 0) is 24.1 Å². The first kappa shape index (κ1) is 33.0. The first-order chi connectivity index (χ1) is 23.0. The molecule has 4 aromatic rings. The number of alkyl carbamates (subject to hydrolysis) is 1. The Bertz CT molecular complexity index is 1550. The van der Waals surface area contributed by atoms with E-state index in [9.17, 15) is 4.79 Å². The lowest BCUT2D eigenvalue weighted by molar-refractivity contribution is 0.109. The quantitative estimate of drug-likeness (QED) is 0.173. The van der Waals surface area contributed by atoms with E-state index in [0.29, 0.717) is 25.4 Å². The van der Waals surface area contributed by atoms with E-state index in [0.717, 1.165) is 61.8 Å². The van der Waals surface area contributed by atoms with Crippen molar-refractivity contribution >= 4 is 23.4 Å². The molecule has 3 aromatic carbocycles. The summed E-state index contributed by atoms with van der Waals surface area (Å²) in [6, 6.07) is 26.4. The molecule has 8 nitrogen and oxygen atoms in total. The maximum Gasteiger partial charge on any atom is 0.407 e. The first-order valence-corrected chi connectivity index (χ1v) is 17.5. The van der Waals surface area contributed by atoms with Gasteiger partial charge >= 0.3 is 6.09 Å². The molecule has 1 aliphatic heterocycles. The summed E-state index contributed by atoms with van der Waals surface area (Å²) in [5, 5.41) is 13.4. The van der Waals surface area contributed by atoms with Crippen molar-refractivity contribution in [1.29, 1.82) is 0 Å². The number of hydrogen-bond acceptors (Lipinski definition) is 6. The number of ether oxygens (including phenoxy) is 1. The fraction of sp³-hybridized carbons (Fsp3) is 0.447. The number of aromatic nitrogens is 3. The predicted molar refractivity (Wildman–Crippen MR) is 188 cm³/mol. The van der Waals surface area contributed by atoms with Gasteiger partial charge in [-0.3, -0.25) is 4.90 Å². The van der Waals surface area contributed by atoms with Gasteiger partial charge in [-0.05, 0) is 67.3 Å². The molecule has 2 heterocycles. The third-order valence-electron chi connectivity index (χ3n) is 9.70. The molecule has 0 spiro atoms. The van der Waals surface area contributed by atoms with Gasteiger partial charge in [0.25, 0.3) is 0 Å². The van der Waals surface area contributed by atoms with E-state index in [-0.39, 0.29) is 18.2 Å². The number of nitrogens with one attached hydrogen (secondary N) is 1. The third-order valence-corrected chi connectivity index (χ3v) is 9.93. The van der Waals surface area contributed by atoms with Crippen molar-refractivity contribution in [2.75, 3.05) is 37.7 Å². The number of piperazine rings is 1. The van der Waals surface area contributed by atoms with E-state index in [4.69, 9.17) is 16.3 Å². The van der Waals surface area contributed by atoms with Crippen LogP contribution in [-0.4, -0.2) is 64.8 Å². The van der Waals surface area contributed by atoms with Gasteiger partial charge in [-0.2, -0.15) is 0 Å². The Hall–Kier alpha value is -3.88. The van der Waals surface area contributed by atoms with Crippen LogP contribution in [0, 0.1) is 12.8 Å². The molecule has 0 bridgehead atoms. The van der Waals surface area contributed by atoms with Crippen molar-refractivity contribution in [2.45, 2.75) is 70.5 Å². The van der Waals surface area contributed by atoms with E-state index in [1.165, 1.54) is 36.1 Å². The van der Waals surface area contributed by atoms with Crippen molar-refractivity contribution in [3.05, 3.63) is 112 Å². The Morgan fingerprint density at radius 1 is 0.915 bits per heavy atom. The molecule has 2 aliphatic rings. The van der Waals surface area contributed by atoms with Gasteiger partial charge in [0, 0.05) is 43.4 Å². The third kappa shape index (κ3) is 9.36. The highest BCUT2D eigenvalue weighted by Crippen LogP contribution is 2.27. The Morgan fingerprint density at radius 2 is 1.60 bits per heavy atom. The SMILES string of the molecule is Cc1ccc(Cl)cc1N1CCN(Cc2cn([C@@H](Cc3ccccc3)[C@H](Cc3ccccc3)NC(=O)OCC3CCCCC3)nn2)CC1. The standard InChI is InChI=1S/C38H47ClN6O2/c1-29-17-18-33(39)25-36(29)44-21-19-43(20-22-44)26-34-27-45(42-41-34)37(24-31-13-7-3-8-14-31)35(23-30-11-5-2-6-12-30)40-38(46)47-28-32-15-9-4-10-16-32/h2-3,5-8,11-14,17-18,25,27,32,35,37H,4,9-10,15-16,19-24,26,28H2,1H3,(H,40,46)/t35-,37-/m0/s1. The molecule has 1 N–H and O–H groups in total. The molecule has 2 atom stereocenters. The number of carbonyl (C=O) groups excluding carboxylic acids is 1. The minimum atomic E-state index is -0.359. The van der Waals surface area contributed by atoms with Gasteiger partial charge in [0.15, 0.2) is 0 Å². The van der Waals surface area contributed by atoms with Crippen molar-refractivity contribution in [3.63, 3.8) is 0 Å². The van der Waals surface area contributed by atoms with Gasteiger partial charge in [-0.1, -0.05) is 103 Å². The van der Waals surface area contributed by atoms with Gasteiger partial charge in [-0.25, -0.2) is 9.48 Å². The number of benzene rings is 3. The lowest BCUT2D eigenvalue weighted by atomic mass is 9.90. The van der Waals surface area contributed by atoms with Gasteiger partial charge in [0.2, 0.25) is 0 Å². The van der Waals surface area contributed by atoms with Crippen LogP contribution in [0.25, 0.3) is 0 Å². The van der Waals surface area contributed by atoms with E-state index in [1.807, 2.05) is 35.0 Å². The summed E-state index contributed by atoms with van der Waals surface area (Å²) >= 11 is 6.31. The zero-order chi connectivity index (χ0) is 32.4. The number of hydrogen-bond donors (Lipinski definition) is 1. The molecule has 0 radical (unpaired) electrons. The van der Waals surface area contributed by atoms with Crippen LogP contribution in [0.4, 0.5) is 10.5 Å². The highest BCUT2D eigenvalue weighted by Gasteiger charge is 2.29. The molecule has 248 valence electrons. The lowest BCUT2D eigenvalue weighted by Gasteiger charge is -2.36. The number of amides is 1. The van der Waals surface area contributed by atoms with Crippen LogP contribution in [0.1, 0.15) is 60.5 Å². The summed E-state index contributed by atoms with van der Waals surface area (Å²) in [5.41, 5.74) is 5.70. The maximum absolute atomic E-state index is 13.3. The van der Waals surface area contributed by atoms with E-state index in [1.54, 1.807) is 0 Å². The van der Waals surface area contributed by atoms with Crippen LogP contribution >= 0.6 is 11.6 Å². The summed E-state index contributed by atoms with van der Waals surface area (Å²) in [4.78, 5) is 18.2. The molecule has 0 unspecified atom stereocenters. The van der Waals surface area contributed by atoms with Crippen LogP contribution in [0.3, 0.4) is 0 Å². The maximum atomic E-state index is 13.3. The van der Waals surface area contributed by atoms with E-state index >= 15 is 0 Å². The smallest absolute Gasteiger partial charge is 0.407 e. The molecule has 1 aromatic heterocycles. The van der Waals surface area contributed by atoms with Gasteiger partial charge < -0.3 is 15.0 Å². The average molecular weight is 655 g/mol. The zero-order valence-electron chi connectivity index (χ0n) is 27.4. The number of nitrogens with zero attached hydrogens (tertiary/aromatic N) is 5. The largest absolute Gasteiger partial charge is 0.449 e. The molecule has 47 heavy (non-hydrogen) atoms. The van der Waals surface area contributed by atoms with E-state index in [2.05, 4.69) is 87.1 Å². The summed E-state index contributed by atoms with van der Waals surface area (Å²) in [7, 11) is 0. The van der Waals surface area contributed by atoms with Gasteiger partial charge in [0.05, 0.1) is 30.6 Å². The molecule has 2 fully saturated rings. The van der Waals surface area contributed by atoms with Crippen LogP contribution < -0.4 is 10.2 Å². The van der Waals surface area contributed by atoms with Gasteiger partial charge in [-0.15, -0.1) is 5.10 Å². The highest BCUT2D eigenvalue weighted by molar-refractivity contribution is 6.30. The Morgan fingerprint density at radius 3 is 2.30 bits per heavy atom. The topological polar surface area (TPSA) is 75.5 Å². The number of halogens is 1. The molecular formula is C38H47ClN6O2. The highest BCUT2D eigenvalue weighted by atomic mass is 35.5. The summed E-state index contributed by atoms with van der Waals surface area (Å²) in [6.45, 7) is 7.05. The fourth-order valence-electron chi connectivity index (χ4n) is 7.01. The molecule has 9 heteroatoms. The minimum Gasteiger partial charge on any atom is -0.449 e. The van der Waals surface area contributed by atoms with Gasteiger partial charge in [0.1, 0.15) is 0 Å². The normalized spacial score (nSPS) is 17.3. The first-order valence-electron chi connectivity index (χ1n) is 17.2. The Balaban J connectivity index is 1.17. The summed E-state index contributed by atoms with van der Waals surface area (Å²) in [6.07, 6.45) is 9.04. The molecule has 1 aliphatic carbocycles. The van der Waals surface area contributed by atoms with Crippen LogP contribution in [0.5, 0.6) is 0 Å². The number of aryl methyl sites for hydroxylation is 1. The molecular weight excluding hydrogens is 608 g/mol. The fourth-order valence-corrected chi connectivity index (χ4v) is 7.18. The monoisotopic (exact) mass is 654 g/mol. The second-order valence-corrected chi connectivity index (χ2v) is 13.6. The number of anilines is 1. The minimum absolute atomic E-state index is 0.163. The average Bonchev–Trinajstić information content (AvgIpc) is 3.57. The van der Waals surface area contributed by atoms with Crippen molar-refractivity contribution in [1.82, 2.24) is 25.2 Å². The Kier molecular flexibility index (Phi) is 11.5. The summed E-state index contributed by atoms with van der Waals surface area (Å²) in [5.74, 6) is 0.455.